The maximum absolute atomic E-state index is 15.0. The summed E-state index contributed by atoms with van der Waals surface area (Å²) < 4.78 is 29.8. The van der Waals surface area contributed by atoms with E-state index in [0.717, 1.165) is 90.4 Å². The molecule has 28 heteroatoms. The van der Waals surface area contributed by atoms with E-state index in [9.17, 15) is 63.0 Å². The Morgan fingerprint density at radius 1 is 0.608 bits per heavy atom. The molecule has 2 fully saturated rings. The van der Waals surface area contributed by atoms with Crippen LogP contribution in [0.5, 0.6) is 5.75 Å². The van der Waals surface area contributed by atoms with Crippen molar-refractivity contribution in [2.75, 3.05) is 76.2 Å². The minimum absolute atomic E-state index is 0.00169. The van der Waals surface area contributed by atoms with Crippen molar-refractivity contribution in [3.63, 3.8) is 0 Å². The number of fused-ring (bicyclic) bond motifs is 11. The molecule has 7 amide bonds. The molecule has 4 aliphatic carbocycles. The average Bonchev–Trinajstić information content (AvgIpc) is 0.890. The average molecular weight is 1650 g/mol. The summed E-state index contributed by atoms with van der Waals surface area (Å²) in [6.07, 6.45) is 6.26. The van der Waals surface area contributed by atoms with Crippen LogP contribution in [0.1, 0.15) is 190 Å². The molecule has 5 aromatic carbocycles. The number of para-hydroxylation sites is 1. The number of phenolic OH excluding ortho intramolecular Hbond substituents is 1. The van der Waals surface area contributed by atoms with Crippen molar-refractivity contribution in [2.45, 2.75) is 206 Å². The number of Topliss-reactive ketones (excluding diaryl/α,β-unsaturated/α-hetero) is 4. The van der Waals surface area contributed by atoms with Gasteiger partial charge in [0.15, 0.2) is 11.6 Å². The zero-order valence-electron chi connectivity index (χ0n) is 70.3. The van der Waals surface area contributed by atoms with Crippen LogP contribution in [0.15, 0.2) is 109 Å². The number of urea groups is 1. The summed E-state index contributed by atoms with van der Waals surface area (Å²) >= 11 is 0. The number of hydrogen-bond acceptors (Lipinski definition) is 19. The summed E-state index contributed by atoms with van der Waals surface area (Å²) in [6, 6.07) is 30.5. The Labute approximate surface area is 701 Å². The van der Waals surface area contributed by atoms with Crippen LogP contribution < -0.4 is 37.2 Å². The smallest absolute Gasteiger partial charge is 0.408 e. The number of anilines is 2. The molecule has 5 aliphatic rings. The molecule has 2 heterocycles. The number of aliphatic carboxylic acids is 1. The normalized spacial score (nSPS) is 20.8. The number of phenols is 1. The molecule has 0 bridgehead atoms. The third-order valence-corrected chi connectivity index (χ3v) is 25.7. The lowest BCUT2D eigenvalue weighted by Crippen LogP contribution is -2.55. The second kappa shape index (κ2) is 41.1. The van der Waals surface area contributed by atoms with Crippen LogP contribution in [-0.2, 0) is 117 Å². The van der Waals surface area contributed by atoms with Crippen molar-refractivity contribution < 1.29 is 86.6 Å². The lowest BCUT2D eigenvalue weighted by Gasteiger charge is -2.56. The van der Waals surface area contributed by atoms with Gasteiger partial charge in [-0.2, -0.15) is 0 Å². The molecule has 644 valence electrons. The van der Waals surface area contributed by atoms with Gasteiger partial charge in [0.1, 0.15) is 29.6 Å². The standard InChI is InChI=1S/C92H118N10O18/c1-58(2)83(98-80(109)36-43-116-45-47-118-49-50-119-48-46-117-44-42-94-79(108)33-34-81(110)102-56-64-15-8-9-17-67(64)85-84(99-100-101(85)7)68-18-10-11-19-72(68)102)74(105)53-63(16-12-41-95-87(93)114)86(113)96-65-27-21-59(22-28-65)57-120-88(115)97-71(30-35-82(111)112)73(104)52-60-20-23-61-25-31-75-89(3,69(61)51-60)37-13-39-91(75,5)77(106)55-78(107)92(6)40-14-38-90(4)70-54-66(103)29-24-62(70)26-32-76(90)92/h8-11,15,17-24,27-29,51,54,58,63,71,75-76,83,103H,12-14,16,25-26,30-50,52-53,55-57H2,1-7H3,(H,94,108)(H,96,113)(H,97,115)(H,98,109)(H,111,112)(H3,93,95,114)/t63-,71+,75-,76-,83+,89-,90-,91+,92+/m1/s1. The Kier molecular flexibility index (Phi) is 30.9. The topological polar surface area (TPSA) is 394 Å². The number of ether oxygens (including phenoxy) is 5. The highest BCUT2D eigenvalue weighted by Crippen LogP contribution is 2.61. The Balaban J connectivity index is 0.571. The van der Waals surface area contributed by atoms with E-state index in [4.69, 9.17) is 29.4 Å². The van der Waals surface area contributed by atoms with Gasteiger partial charge in [0.25, 0.3) is 0 Å². The van der Waals surface area contributed by atoms with Crippen LogP contribution in [0.4, 0.5) is 21.0 Å². The van der Waals surface area contributed by atoms with Crippen LogP contribution in [0, 0.1) is 34.5 Å². The zero-order chi connectivity index (χ0) is 85.9. The van der Waals surface area contributed by atoms with Gasteiger partial charge >= 0.3 is 18.1 Å². The largest absolute Gasteiger partial charge is 0.508 e. The van der Waals surface area contributed by atoms with Crippen molar-refractivity contribution in [1.82, 2.24) is 36.3 Å². The van der Waals surface area contributed by atoms with Crippen molar-refractivity contribution in [3.05, 3.63) is 148 Å². The third kappa shape index (κ3) is 22.2. The lowest BCUT2D eigenvalue weighted by atomic mass is 9.47. The predicted molar refractivity (Wildman–Crippen MR) is 449 cm³/mol. The highest BCUT2D eigenvalue weighted by molar-refractivity contribution is 6.05. The fourth-order valence-corrected chi connectivity index (χ4v) is 19.3. The number of carboxylic acid groups (broad SMARTS) is 1. The number of nitrogens with one attached hydrogen (secondary N) is 5. The molecule has 2 saturated carbocycles. The number of nitrogens with two attached hydrogens (primary N) is 1. The third-order valence-electron chi connectivity index (χ3n) is 25.7. The van der Waals surface area contributed by atoms with Crippen LogP contribution in [-0.4, -0.2) is 168 Å². The van der Waals surface area contributed by atoms with Gasteiger partial charge in [-0.15, -0.1) is 5.10 Å². The minimum atomic E-state index is -1.21. The Bertz CT molecular complexity index is 4700. The number of aryl methyl sites for hydroxylation is 3. The Morgan fingerprint density at radius 3 is 1.85 bits per heavy atom. The van der Waals surface area contributed by atoms with Crippen molar-refractivity contribution in [2.24, 2.45) is 47.3 Å². The number of nitrogens with zero attached hydrogens (tertiary/aromatic N) is 4. The minimum Gasteiger partial charge on any atom is -0.508 e. The molecule has 0 unspecified atom stereocenters. The molecule has 9 atom stereocenters. The van der Waals surface area contributed by atoms with Gasteiger partial charge in [-0.1, -0.05) is 138 Å². The number of aromatic nitrogens is 3. The van der Waals surface area contributed by atoms with Crippen LogP contribution in [0.3, 0.4) is 0 Å². The predicted octanol–water partition coefficient (Wildman–Crippen LogP) is 11.4. The lowest BCUT2D eigenvalue weighted by molar-refractivity contribution is -0.146. The first-order valence-corrected chi connectivity index (χ1v) is 42.4. The van der Waals surface area contributed by atoms with E-state index in [1.807, 2.05) is 85.9 Å². The molecule has 1 aliphatic heterocycles. The van der Waals surface area contributed by atoms with Crippen molar-refractivity contribution >= 4 is 76.2 Å². The molecule has 9 N–H and O–H groups in total. The highest BCUT2D eigenvalue weighted by atomic mass is 16.6. The number of rotatable bonds is 42. The molecule has 11 rings (SSSR count). The van der Waals surface area contributed by atoms with Crippen LogP contribution in [0.2, 0.25) is 0 Å². The van der Waals surface area contributed by atoms with E-state index in [2.05, 4.69) is 64.6 Å². The van der Waals surface area contributed by atoms with Gasteiger partial charge in [0, 0.05) is 92.2 Å². The van der Waals surface area contributed by atoms with Gasteiger partial charge in [-0.25, -0.2) is 14.3 Å². The van der Waals surface area contributed by atoms with Gasteiger partial charge in [-0.05, 0) is 168 Å². The number of amides is 7. The number of carbonyl (C=O) groups excluding carboxylic acids is 10. The second-order valence-electron chi connectivity index (χ2n) is 34.2. The number of benzene rings is 5. The van der Waals surface area contributed by atoms with Crippen molar-refractivity contribution in [1.29, 1.82) is 0 Å². The first-order chi connectivity index (χ1) is 57.5. The van der Waals surface area contributed by atoms with Gasteiger partial charge < -0.3 is 71.1 Å². The summed E-state index contributed by atoms with van der Waals surface area (Å²) in [5.74, 6) is -4.39. The van der Waals surface area contributed by atoms with E-state index < -0.39 is 76.4 Å². The number of carboxylic acids is 1. The van der Waals surface area contributed by atoms with E-state index >= 15 is 0 Å². The van der Waals surface area contributed by atoms with Crippen molar-refractivity contribution in [3.8, 4) is 28.3 Å². The summed E-state index contributed by atoms with van der Waals surface area (Å²) in [5.41, 5.74) is 14.1. The SMILES string of the molecule is CC(C)[C@H](NC(=O)CCOCCOCCOCCOCCNC(=O)CCC(=O)N1Cc2ccccc2-c2c(nnn2C)-c2ccccc21)C(=O)C[C@@H](CCCNC(N)=O)C(=O)Nc1ccc(COC(=O)N[C@@H](CCC(=O)O)C(=O)Cc2ccc3c(c2)[C@@]2(C)CCC[C@](C)(C(=O)CC(=O)[C@@]4(C)CCC[C@]5(C)c6cc(O)ccc6CC[C@@H]45)[C@@H]2CC3)cc1. The van der Waals surface area contributed by atoms with Crippen LogP contribution >= 0.6 is 0 Å². The molecule has 0 radical (unpaired) electrons. The van der Waals surface area contributed by atoms with Gasteiger partial charge in [0.05, 0.1) is 89.3 Å². The van der Waals surface area contributed by atoms with Crippen LogP contribution in [0.25, 0.3) is 22.5 Å². The monoisotopic (exact) mass is 1650 g/mol. The number of alkyl carbamates (subject to hydrolysis) is 1. The van der Waals surface area contributed by atoms with Gasteiger partial charge in [-0.3, -0.25) is 43.2 Å². The fraction of sp³-hybridized carbons (Fsp3) is 0.533. The quantitative estimate of drug-likeness (QED) is 0.0130. The number of carbonyl (C=O) groups is 11. The summed E-state index contributed by atoms with van der Waals surface area (Å²) in [4.78, 5) is 151. The molecule has 6 aromatic rings. The highest BCUT2D eigenvalue weighted by Gasteiger charge is 2.58. The molecule has 0 spiro atoms. The first kappa shape index (κ1) is 90.2. The maximum atomic E-state index is 15.0. The van der Waals surface area contributed by atoms with E-state index in [1.54, 1.807) is 53.8 Å². The summed E-state index contributed by atoms with van der Waals surface area (Å²) in [7, 11) is 1.85. The number of aromatic hydroxyl groups is 1. The molecule has 120 heavy (non-hydrogen) atoms. The second-order valence-corrected chi connectivity index (χ2v) is 34.2. The molecular weight excluding hydrogens is 1530 g/mol. The molecular formula is C92H118N10O18. The summed E-state index contributed by atoms with van der Waals surface area (Å²) in [5, 5.41) is 42.6. The van der Waals surface area contributed by atoms with Gasteiger partial charge in [0.2, 0.25) is 23.6 Å². The molecule has 0 saturated heterocycles. The zero-order valence-corrected chi connectivity index (χ0v) is 70.3. The van der Waals surface area contributed by atoms with E-state index in [-0.39, 0.29) is 169 Å². The maximum Gasteiger partial charge on any atom is 0.408 e. The Hall–Kier alpha value is -10.6. The number of primary amides is 1. The summed E-state index contributed by atoms with van der Waals surface area (Å²) in [6.45, 7) is 14.5. The number of ketones is 4. The molecule has 28 nitrogen and oxygen atoms in total. The Morgan fingerprint density at radius 2 is 1.21 bits per heavy atom. The van der Waals surface area contributed by atoms with E-state index in [1.165, 1.54) is 5.56 Å². The van der Waals surface area contributed by atoms with E-state index in [0.29, 0.717) is 67.2 Å². The molecule has 1 aromatic heterocycles. The first-order valence-electron chi connectivity index (χ1n) is 42.4. The number of hydrogen-bond donors (Lipinski definition) is 8. The fourth-order valence-electron chi connectivity index (χ4n) is 19.3.